The first-order chi connectivity index (χ1) is 7.20. The Bertz CT molecular complexity index is 435. The minimum Gasteiger partial charge on any atom is -0.383 e. The molecule has 0 saturated carbocycles. The number of hydrogen-bond donors (Lipinski definition) is 2. The fraction of sp³-hybridized carbons (Fsp3) is 0.200. The van der Waals surface area contributed by atoms with Crippen LogP contribution in [0.5, 0.6) is 0 Å². The Kier molecular flexibility index (Phi) is 2.66. The molecule has 0 aromatic carbocycles. The molecule has 2 aromatic rings. The van der Waals surface area contributed by atoms with Gasteiger partial charge in [0, 0.05) is 17.1 Å². The molecule has 2 heterocycles. The number of aliphatic hydroxyl groups excluding tert-OH is 1. The lowest BCUT2D eigenvalue weighted by Gasteiger charge is -2.13. The molecular weight excluding hydrogens is 210 g/mol. The average Bonchev–Trinajstić information content (AvgIpc) is 2.69. The van der Waals surface area contributed by atoms with Crippen molar-refractivity contribution >= 4 is 17.2 Å². The third-order valence-corrected chi connectivity index (χ3v) is 2.85. The standard InChI is InChI=1S/C10H11N3OS/c1-6-2-3-12-10(11)8(6)9(14)7-4-15-5-13-7/h2-5,9,14H,1H3,(H2,11,12). The van der Waals surface area contributed by atoms with E-state index in [1.165, 1.54) is 11.3 Å². The average molecular weight is 221 g/mol. The first-order valence-corrected chi connectivity index (χ1v) is 5.41. The third-order valence-electron chi connectivity index (χ3n) is 2.24. The van der Waals surface area contributed by atoms with E-state index in [9.17, 15) is 5.11 Å². The molecule has 0 fully saturated rings. The number of nitrogens with two attached hydrogens (primary N) is 1. The lowest BCUT2D eigenvalue weighted by molar-refractivity contribution is 0.216. The van der Waals surface area contributed by atoms with E-state index in [0.29, 0.717) is 17.1 Å². The Morgan fingerprint density at radius 1 is 1.47 bits per heavy atom. The highest BCUT2D eigenvalue weighted by Crippen LogP contribution is 2.27. The summed E-state index contributed by atoms with van der Waals surface area (Å²) in [5.41, 5.74) is 9.59. The maximum atomic E-state index is 10.1. The number of nitrogen functional groups attached to an aromatic ring is 1. The molecule has 0 spiro atoms. The van der Waals surface area contributed by atoms with E-state index >= 15 is 0 Å². The normalized spacial score (nSPS) is 12.7. The maximum absolute atomic E-state index is 10.1. The first kappa shape index (κ1) is 10.1. The Hall–Kier alpha value is -1.46. The smallest absolute Gasteiger partial charge is 0.129 e. The molecule has 1 atom stereocenters. The molecule has 78 valence electrons. The van der Waals surface area contributed by atoms with Crippen LogP contribution >= 0.6 is 11.3 Å². The Morgan fingerprint density at radius 2 is 2.27 bits per heavy atom. The minimum atomic E-state index is -0.787. The third kappa shape index (κ3) is 1.84. The second-order valence-electron chi connectivity index (χ2n) is 3.24. The summed E-state index contributed by atoms with van der Waals surface area (Å²) in [6, 6.07) is 1.82. The van der Waals surface area contributed by atoms with Gasteiger partial charge in [-0.25, -0.2) is 9.97 Å². The van der Waals surface area contributed by atoms with Crippen molar-refractivity contribution in [2.75, 3.05) is 5.73 Å². The molecule has 0 amide bonds. The van der Waals surface area contributed by atoms with Crippen molar-refractivity contribution in [3.8, 4) is 0 Å². The van der Waals surface area contributed by atoms with Crippen LogP contribution in [-0.2, 0) is 0 Å². The van der Waals surface area contributed by atoms with Gasteiger partial charge in [-0.3, -0.25) is 0 Å². The Labute approximate surface area is 91.4 Å². The van der Waals surface area contributed by atoms with Crippen molar-refractivity contribution < 1.29 is 5.11 Å². The zero-order valence-corrected chi connectivity index (χ0v) is 9.03. The SMILES string of the molecule is Cc1ccnc(N)c1C(O)c1cscn1. The van der Waals surface area contributed by atoms with Gasteiger partial charge >= 0.3 is 0 Å². The van der Waals surface area contributed by atoms with Crippen LogP contribution in [0.15, 0.2) is 23.2 Å². The summed E-state index contributed by atoms with van der Waals surface area (Å²) < 4.78 is 0. The zero-order valence-electron chi connectivity index (χ0n) is 8.21. The molecule has 1 unspecified atom stereocenters. The molecule has 0 bridgehead atoms. The molecule has 5 heteroatoms. The van der Waals surface area contributed by atoms with Gasteiger partial charge in [0.15, 0.2) is 0 Å². The number of nitrogens with zero attached hydrogens (tertiary/aromatic N) is 2. The van der Waals surface area contributed by atoms with Gasteiger partial charge in [0.2, 0.25) is 0 Å². The number of aliphatic hydroxyl groups is 1. The fourth-order valence-electron chi connectivity index (χ4n) is 1.45. The van der Waals surface area contributed by atoms with Crippen LogP contribution in [0.2, 0.25) is 0 Å². The van der Waals surface area contributed by atoms with Crippen LogP contribution in [0.25, 0.3) is 0 Å². The van der Waals surface area contributed by atoms with E-state index in [0.717, 1.165) is 5.56 Å². The molecule has 15 heavy (non-hydrogen) atoms. The summed E-state index contributed by atoms with van der Waals surface area (Å²) in [4.78, 5) is 8.02. The van der Waals surface area contributed by atoms with Gasteiger partial charge in [0.1, 0.15) is 11.9 Å². The Morgan fingerprint density at radius 3 is 2.87 bits per heavy atom. The second-order valence-corrected chi connectivity index (χ2v) is 3.96. The summed E-state index contributed by atoms with van der Waals surface area (Å²) in [5.74, 6) is 0.357. The van der Waals surface area contributed by atoms with Gasteiger partial charge in [-0.05, 0) is 18.6 Å². The van der Waals surface area contributed by atoms with Crippen molar-refractivity contribution in [3.63, 3.8) is 0 Å². The quantitative estimate of drug-likeness (QED) is 0.806. The van der Waals surface area contributed by atoms with Gasteiger partial charge in [-0.1, -0.05) is 0 Å². The summed E-state index contributed by atoms with van der Waals surface area (Å²) in [6.07, 6.45) is 0.840. The molecule has 4 nitrogen and oxygen atoms in total. The van der Waals surface area contributed by atoms with Gasteiger partial charge in [-0.15, -0.1) is 11.3 Å². The number of hydrogen-bond acceptors (Lipinski definition) is 5. The van der Waals surface area contributed by atoms with Crippen LogP contribution < -0.4 is 5.73 Å². The van der Waals surface area contributed by atoms with E-state index in [-0.39, 0.29) is 0 Å². The van der Waals surface area contributed by atoms with Gasteiger partial charge in [0.05, 0.1) is 11.2 Å². The van der Waals surface area contributed by atoms with Gasteiger partial charge in [0.25, 0.3) is 0 Å². The lowest BCUT2D eigenvalue weighted by atomic mass is 10.0. The van der Waals surface area contributed by atoms with Crippen LogP contribution in [0.1, 0.15) is 22.9 Å². The topological polar surface area (TPSA) is 72.0 Å². The second kappa shape index (κ2) is 3.96. The predicted molar refractivity (Wildman–Crippen MR) is 59.6 cm³/mol. The Balaban J connectivity index is 2.46. The van der Waals surface area contributed by atoms with Crippen LogP contribution in [0.4, 0.5) is 5.82 Å². The molecule has 0 saturated heterocycles. The lowest BCUT2D eigenvalue weighted by Crippen LogP contribution is -2.07. The molecule has 0 aliphatic heterocycles. The number of aryl methyl sites for hydroxylation is 1. The zero-order chi connectivity index (χ0) is 10.8. The number of aromatic nitrogens is 2. The van der Waals surface area contributed by atoms with Crippen molar-refractivity contribution in [2.45, 2.75) is 13.0 Å². The highest BCUT2D eigenvalue weighted by atomic mass is 32.1. The molecule has 3 N–H and O–H groups in total. The van der Waals surface area contributed by atoms with Crippen molar-refractivity contribution in [2.24, 2.45) is 0 Å². The molecule has 2 aromatic heterocycles. The van der Waals surface area contributed by atoms with Crippen LogP contribution in [-0.4, -0.2) is 15.1 Å². The van der Waals surface area contributed by atoms with Gasteiger partial charge in [-0.2, -0.15) is 0 Å². The van der Waals surface area contributed by atoms with Crippen molar-refractivity contribution in [1.82, 2.24) is 9.97 Å². The van der Waals surface area contributed by atoms with E-state index < -0.39 is 6.10 Å². The summed E-state index contributed by atoms with van der Waals surface area (Å²) in [5, 5.41) is 11.9. The van der Waals surface area contributed by atoms with Gasteiger partial charge < -0.3 is 10.8 Å². The predicted octanol–water partition coefficient (Wildman–Crippen LogP) is 1.51. The highest BCUT2D eigenvalue weighted by molar-refractivity contribution is 7.07. The van der Waals surface area contributed by atoms with Crippen molar-refractivity contribution in [3.05, 3.63) is 40.0 Å². The largest absolute Gasteiger partial charge is 0.383 e. The van der Waals surface area contributed by atoms with Crippen LogP contribution in [0, 0.1) is 6.92 Å². The van der Waals surface area contributed by atoms with Crippen LogP contribution in [0.3, 0.4) is 0 Å². The summed E-state index contributed by atoms with van der Waals surface area (Å²) in [6.45, 7) is 1.89. The molecule has 2 rings (SSSR count). The number of thiazole rings is 1. The molecule has 0 aliphatic rings. The van der Waals surface area contributed by atoms with E-state index in [4.69, 9.17) is 5.73 Å². The number of anilines is 1. The minimum absolute atomic E-state index is 0.357. The molecule has 0 aliphatic carbocycles. The maximum Gasteiger partial charge on any atom is 0.129 e. The molecular formula is C10H11N3OS. The van der Waals surface area contributed by atoms with E-state index in [1.54, 1.807) is 17.1 Å². The van der Waals surface area contributed by atoms with Crippen molar-refractivity contribution in [1.29, 1.82) is 0 Å². The van der Waals surface area contributed by atoms with E-state index in [1.807, 2.05) is 13.0 Å². The monoisotopic (exact) mass is 221 g/mol. The van der Waals surface area contributed by atoms with E-state index in [2.05, 4.69) is 9.97 Å². The first-order valence-electron chi connectivity index (χ1n) is 4.47. The highest BCUT2D eigenvalue weighted by Gasteiger charge is 2.17. The summed E-state index contributed by atoms with van der Waals surface area (Å²) in [7, 11) is 0. The number of rotatable bonds is 2. The fourth-order valence-corrected chi connectivity index (χ4v) is 2.02. The summed E-state index contributed by atoms with van der Waals surface area (Å²) >= 11 is 1.44. The number of pyridine rings is 1. The molecule has 0 radical (unpaired) electrons.